The van der Waals surface area contributed by atoms with Crippen LogP contribution in [0.5, 0.6) is 0 Å². The molecule has 0 fully saturated rings. The maximum atomic E-state index is 14.4. The number of ether oxygens (including phenoxy) is 1. The van der Waals surface area contributed by atoms with E-state index in [0.29, 0.717) is 6.07 Å². The Hall–Kier alpha value is -2.28. The summed E-state index contributed by atoms with van der Waals surface area (Å²) in [6.07, 6.45) is -6.88. The SMILES string of the molecule is CCc1ccc(/C(F)=C(/F)c2ccc(CC(OC)C(F)(F)F)c(F)c2)cc1. The molecule has 0 heterocycles. The van der Waals surface area contributed by atoms with Crippen molar-refractivity contribution in [2.24, 2.45) is 0 Å². The first-order chi connectivity index (χ1) is 12.7. The molecule has 7 heteroatoms. The Balaban J connectivity index is 2.29. The van der Waals surface area contributed by atoms with Crippen LogP contribution in [0.2, 0.25) is 0 Å². The molecule has 0 saturated carbocycles. The molecule has 1 atom stereocenters. The third kappa shape index (κ3) is 5.13. The molecule has 0 spiro atoms. The van der Waals surface area contributed by atoms with Crippen LogP contribution in [0.4, 0.5) is 26.3 Å². The predicted molar refractivity (Wildman–Crippen MR) is 91.8 cm³/mol. The van der Waals surface area contributed by atoms with Crippen molar-refractivity contribution in [3.8, 4) is 0 Å². The van der Waals surface area contributed by atoms with Crippen LogP contribution in [-0.2, 0) is 17.6 Å². The lowest BCUT2D eigenvalue weighted by Crippen LogP contribution is -2.32. The van der Waals surface area contributed by atoms with Crippen LogP contribution in [0, 0.1) is 5.82 Å². The van der Waals surface area contributed by atoms with Crippen molar-refractivity contribution < 1.29 is 31.1 Å². The minimum Gasteiger partial charge on any atom is -0.372 e. The van der Waals surface area contributed by atoms with Gasteiger partial charge in [-0.2, -0.15) is 13.2 Å². The summed E-state index contributed by atoms with van der Waals surface area (Å²) in [4.78, 5) is 0. The van der Waals surface area contributed by atoms with Crippen molar-refractivity contribution in [2.45, 2.75) is 32.0 Å². The monoisotopic (exact) mass is 388 g/mol. The molecule has 27 heavy (non-hydrogen) atoms. The van der Waals surface area contributed by atoms with E-state index in [-0.39, 0.29) is 11.1 Å². The van der Waals surface area contributed by atoms with Crippen molar-refractivity contribution in [1.29, 1.82) is 0 Å². The number of halogens is 6. The largest absolute Gasteiger partial charge is 0.414 e. The molecule has 1 nitrogen and oxygen atoms in total. The quantitative estimate of drug-likeness (QED) is 0.418. The molecule has 0 N–H and O–H groups in total. The van der Waals surface area contributed by atoms with E-state index in [2.05, 4.69) is 4.74 Å². The van der Waals surface area contributed by atoms with Gasteiger partial charge in [0.1, 0.15) is 5.82 Å². The van der Waals surface area contributed by atoms with E-state index in [0.717, 1.165) is 31.2 Å². The van der Waals surface area contributed by atoms with Crippen molar-refractivity contribution in [3.63, 3.8) is 0 Å². The molecule has 2 aromatic rings. The molecule has 0 aliphatic rings. The van der Waals surface area contributed by atoms with Crippen LogP contribution >= 0.6 is 0 Å². The number of benzene rings is 2. The molecular formula is C20H18F6O. The first-order valence-corrected chi connectivity index (χ1v) is 8.20. The maximum Gasteiger partial charge on any atom is 0.414 e. The van der Waals surface area contributed by atoms with Crippen molar-refractivity contribution >= 4 is 11.7 Å². The number of hydrogen-bond acceptors (Lipinski definition) is 1. The summed E-state index contributed by atoms with van der Waals surface area (Å²) >= 11 is 0. The maximum absolute atomic E-state index is 14.4. The lowest BCUT2D eigenvalue weighted by Gasteiger charge is -2.19. The van der Waals surface area contributed by atoms with Crippen LogP contribution in [-0.4, -0.2) is 19.4 Å². The van der Waals surface area contributed by atoms with Gasteiger partial charge in [-0.25, -0.2) is 13.2 Å². The Bertz CT molecular complexity index is 808. The molecule has 0 aliphatic carbocycles. The first kappa shape index (κ1) is 21.0. The molecule has 2 aromatic carbocycles. The van der Waals surface area contributed by atoms with Gasteiger partial charge in [0.2, 0.25) is 0 Å². The smallest absolute Gasteiger partial charge is 0.372 e. The Kier molecular flexibility index (Phi) is 6.70. The third-order valence-corrected chi connectivity index (χ3v) is 4.17. The number of alkyl halides is 3. The fraction of sp³-hybridized carbons (Fsp3) is 0.300. The Morgan fingerprint density at radius 3 is 2.00 bits per heavy atom. The Morgan fingerprint density at radius 2 is 1.52 bits per heavy atom. The van der Waals surface area contributed by atoms with Gasteiger partial charge < -0.3 is 4.74 Å². The lowest BCUT2D eigenvalue weighted by atomic mass is 10.0. The van der Waals surface area contributed by atoms with E-state index in [9.17, 15) is 26.3 Å². The molecule has 0 saturated heterocycles. The summed E-state index contributed by atoms with van der Waals surface area (Å²) in [5.41, 5.74) is 0.239. The van der Waals surface area contributed by atoms with Gasteiger partial charge in [-0.1, -0.05) is 43.3 Å². The topological polar surface area (TPSA) is 9.23 Å². The van der Waals surface area contributed by atoms with Crippen molar-refractivity contribution in [2.75, 3.05) is 7.11 Å². The van der Waals surface area contributed by atoms with E-state index in [1.54, 1.807) is 12.1 Å². The zero-order valence-electron chi connectivity index (χ0n) is 14.7. The van der Waals surface area contributed by atoms with E-state index < -0.39 is 41.7 Å². The van der Waals surface area contributed by atoms with Crippen LogP contribution in [0.15, 0.2) is 42.5 Å². The van der Waals surface area contributed by atoms with E-state index in [1.807, 2.05) is 6.92 Å². The fourth-order valence-corrected chi connectivity index (χ4v) is 2.52. The second-order valence-corrected chi connectivity index (χ2v) is 5.95. The van der Waals surface area contributed by atoms with Gasteiger partial charge in [-0.05, 0) is 23.6 Å². The van der Waals surface area contributed by atoms with Gasteiger partial charge in [0.25, 0.3) is 0 Å². The number of rotatable bonds is 6. The second kappa shape index (κ2) is 8.61. The van der Waals surface area contributed by atoms with Gasteiger partial charge in [0, 0.05) is 24.7 Å². The molecule has 0 aliphatic heterocycles. The van der Waals surface area contributed by atoms with Crippen LogP contribution in [0.1, 0.15) is 29.2 Å². The molecule has 2 rings (SSSR count). The zero-order valence-corrected chi connectivity index (χ0v) is 14.7. The lowest BCUT2D eigenvalue weighted by molar-refractivity contribution is -0.212. The first-order valence-electron chi connectivity index (χ1n) is 8.20. The molecular weight excluding hydrogens is 370 g/mol. The number of methoxy groups -OCH3 is 1. The molecule has 0 aromatic heterocycles. The summed E-state index contributed by atoms with van der Waals surface area (Å²) in [6.45, 7) is 1.92. The zero-order chi connectivity index (χ0) is 20.2. The average molecular weight is 388 g/mol. The van der Waals surface area contributed by atoms with E-state index >= 15 is 0 Å². The number of hydrogen-bond donors (Lipinski definition) is 0. The average Bonchev–Trinajstić information content (AvgIpc) is 2.64. The summed E-state index contributed by atoms with van der Waals surface area (Å²) in [7, 11) is 0.867. The minimum atomic E-state index is -4.66. The van der Waals surface area contributed by atoms with Crippen LogP contribution in [0.25, 0.3) is 11.7 Å². The van der Waals surface area contributed by atoms with Crippen molar-refractivity contribution in [1.82, 2.24) is 0 Å². The summed E-state index contributed by atoms with van der Waals surface area (Å²) < 4.78 is 85.3. The van der Waals surface area contributed by atoms with Gasteiger partial charge in [-0.3, -0.25) is 0 Å². The highest BCUT2D eigenvalue weighted by atomic mass is 19.4. The minimum absolute atomic E-state index is 0.00861. The standard InChI is InChI=1S/C20H18F6O/c1-3-12-4-6-13(7-5-12)18(22)19(23)15-9-8-14(16(21)10-15)11-17(27-2)20(24,25)26/h4-10,17H,3,11H2,1-2H3/b19-18-. The summed E-state index contributed by atoms with van der Waals surface area (Å²) in [5.74, 6) is -3.53. The molecule has 0 amide bonds. The molecule has 146 valence electrons. The molecule has 0 bridgehead atoms. The summed E-state index contributed by atoms with van der Waals surface area (Å²) in [6, 6.07) is 8.82. The highest BCUT2D eigenvalue weighted by molar-refractivity contribution is 5.83. The van der Waals surface area contributed by atoms with Gasteiger partial charge >= 0.3 is 6.18 Å². The fourth-order valence-electron chi connectivity index (χ4n) is 2.52. The predicted octanol–water partition coefficient (Wildman–Crippen LogP) is 6.27. The van der Waals surface area contributed by atoms with E-state index in [1.165, 1.54) is 12.1 Å². The molecule has 0 radical (unpaired) electrons. The normalized spacial score (nSPS) is 14.1. The van der Waals surface area contributed by atoms with Gasteiger partial charge in [0.05, 0.1) is 0 Å². The van der Waals surface area contributed by atoms with Gasteiger partial charge in [-0.15, -0.1) is 0 Å². The van der Waals surface area contributed by atoms with Crippen LogP contribution in [0.3, 0.4) is 0 Å². The van der Waals surface area contributed by atoms with E-state index in [4.69, 9.17) is 0 Å². The summed E-state index contributed by atoms with van der Waals surface area (Å²) in [5, 5.41) is 0. The van der Waals surface area contributed by atoms with Gasteiger partial charge in [0.15, 0.2) is 17.8 Å². The van der Waals surface area contributed by atoms with Crippen molar-refractivity contribution in [3.05, 3.63) is 70.5 Å². The molecule has 1 unspecified atom stereocenters. The Labute approximate surface area is 153 Å². The third-order valence-electron chi connectivity index (χ3n) is 4.17. The van der Waals surface area contributed by atoms with Crippen LogP contribution < -0.4 is 0 Å². The highest BCUT2D eigenvalue weighted by Gasteiger charge is 2.40. The Morgan fingerprint density at radius 1 is 0.963 bits per heavy atom. The second-order valence-electron chi connectivity index (χ2n) is 5.95. The number of aryl methyl sites for hydroxylation is 1. The highest BCUT2D eigenvalue weighted by Crippen LogP contribution is 2.31.